The van der Waals surface area contributed by atoms with Crippen molar-refractivity contribution in [3.05, 3.63) is 58.1 Å². The van der Waals surface area contributed by atoms with Crippen molar-refractivity contribution >= 4 is 46.4 Å². The molecule has 1 aromatic heterocycles. The van der Waals surface area contributed by atoms with Gasteiger partial charge in [0, 0.05) is 6.07 Å². The van der Waals surface area contributed by atoms with Crippen molar-refractivity contribution in [2.45, 2.75) is 0 Å². The van der Waals surface area contributed by atoms with E-state index in [9.17, 15) is 14.9 Å². The quantitative estimate of drug-likeness (QED) is 0.429. The van der Waals surface area contributed by atoms with Gasteiger partial charge in [-0.15, -0.1) is 0 Å². The summed E-state index contributed by atoms with van der Waals surface area (Å²) < 4.78 is 8.19. The lowest BCUT2D eigenvalue weighted by Crippen LogP contribution is -2.24. The Morgan fingerprint density at radius 3 is 2.88 bits per heavy atom. The van der Waals surface area contributed by atoms with Crippen LogP contribution in [0, 0.1) is 10.1 Å². The Morgan fingerprint density at radius 1 is 1.21 bits per heavy atom. The molecular weight excluding hydrogens is 332 g/mol. The lowest BCUT2D eigenvalue weighted by Gasteiger charge is -2.04. The summed E-state index contributed by atoms with van der Waals surface area (Å²) in [5.74, 6) is 0. The minimum Gasteiger partial charge on any atom is -0.304 e. The fourth-order valence-corrected chi connectivity index (χ4v) is 2.53. The summed E-state index contributed by atoms with van der Waals surface area (Å²) in [6.45, 7) is 0. The molecule has 3 rings (SSSR count). The van der Waals surface area contributed by atoms with Gasteiger partial charge in [-0.3, -0.25) is 10.1 Å². The Kier molecular flexibility index (Phi) is 4.38. The van der Waals surface area contributed by atoms with Crippen molar-refractivity contribution < 1.29 is 9.72 Å². The predicted molar refractivity (Wildman–Crippen MR) is 90.3 cm³/mol. The zero-order valence-corrected chi connectivity index (χ0v) is 12.9. The molecule has 0 saturated heterocycles. The van der Waals surface area contributed by atoms with Gasteiger partial charge in [0.1, 0.15) is 11.0 Å². The molecule has 0 aliphatic rings. The van der Waals surface area contributed by atoms with Crippen molar-refractivity contribution in [1.82, 2.24) is 14.2 Å². The number of para-hydroxylation sites is 1. The van der Waals surface area contributed by atoms with Crippen molar-refractivity contribution in [1.29, 1.82) is 0 Å². The number of hydrogen-bond acceptors (Lipinski definition) is 7. The number of rotatable bonds is 4. The van der Waals surface area contributed by atoms with E-state index in [4.69, 9.17) is 0 Å². The van der Waals surface area contributed by atoms with Gasteiger partial charge < -0.3 is 5.32 Å². The van der Waals surface area contributed by atoms with Crippen LogP contribution in [0.5, 0.6) is 0 Å². The molecule has 0 saturated carbocycles. The molecule has 3 aromatic rings. The molecule has 24 heavy (non-hydrogen) atoms. The number of fused-ring (bicyclic) bond motifs is 1. The van der Waals surface area contributed by atoms with Crippen LogP contribution in [0.2, 0.25) is 0 Å². The molecule has 0 radical (unpaired) electrons. The van der Waals surface area contributed by atoms with E-state index in [0.717, 1.165) is 11.7 Å². The van der Waals surface area contributed by atoms with Gasteiger partial charge in [0.25, 0.3) is 5.69 Å². The van der Waals surface area contributed by atoms with E-state index in [2.05, 4.69) is 24.6 Å². The number of benzene rings is 2. The van der Waals surface area contributed by atoms with Gasteiger partial charge in [-0.1, -0.05) is 18.2 Å². The number of nitro benzene ring substituents is 1. The Bertz CT molecular complexity index is 939. The first-order valence-corrected chi connectivity index (χ1v) is 7.43. The third-order valence-electron chi connectivity index (χ3n) is 3.04. The molecule has 9 nitrogen and oxygen atoms in total. The van der Waals surface area contributed by atoms with Crippen molar-refractivity contribution in [3.63, 3.8) is 0 Å². The summed E-state index contributed by atoms with van der Waals surface area (Å²) >= 11 is 1.05. The summed E-state index contributed by atoms with van der Waals surface area (Å²) in [6.07, 6.45) is 1.21. The summed E-state index contributed by atoms with van der Waals surface area (Å²) in [4.78, 5) is 22.2. The van der Waals surface area contributed by atoms with Gasteiger partial charge in [-0.25, -0.2) is 10.2 Å². The molecule has 1 heterocycles. The van der Waals surface area contributed by atoms with Crippen LogP contribution in [-0.2, 0) is 0 Å². The zero-order chi connectivity index (χ0) is 16.9. The number of hydrogen-bond donors (Lipinski definition) is 2. The third kappa shape index (κ3) is 3.33. The van der Waals surface area contributed by atoms with Crippen LogP contribution in [0.4, 0.5) is 16.2 Å². The average molecular weight is 342 g/mol. The molecule has 2 N–H and O–H groups in total. The number of nitrogens with one attached hydrogen (secondary N) is 2. The number of nitrogens with zero attached hydrogens (tertiary/aromatic N) is 4. The van der Waals surface area contributed by atoms with Gasteiger partial charge in [-0.05, 0) is 18.2 Å². The van der Waals surface area contributed by atoms with Crippen molar-refractivity contribution in [2.24, 2.45) is 5.10 Å². The second kappa shape index (κ2) is 6.79. The lowest BCUT2D eigenvalue weighted by molar-refractivity contribution is -0.385. The molecule has 2 amide bonds. The second-order valence-corrected chi connectivity index (χ2v) is 5.11. The SMILES string of the molecule is O=C(N/N=C/c1ccccc1[N+](=O)[O-])Nc1cccc2nsnc12. The minimum absolute atomic E-state index is 0.0956. The smallest absolute Gasteiger partial charge is 0.304 e. The molecule has 120 valence electrons. The summed E-state index contributed by atoms with van der Waals surface area (Å²) in [5, 5.41) is 17.2. The largest absolute Gasteiger partial charge is 0.339 e. The molecule has 0 fully saturated rings. The summed E-state index contributed by atoms with van der Waals surface area (Å²) in [6, 6.07) is 10.7. The number of nitro groups is 1. The van der Waals surface area contributed by atoms with E-state index in [1.54, 1.807) is 30.3 Å². The van der Waals surface area contributed by atoms with Gasteiger partial charge >= 0.3 is 6.03 Å². The van der Waals surface area contributed by atoms with Crippen LogP contribution in [0.15, 0.2) is 47.6 Å². The zero-order valence-electron chi connectivity index (χ0n) is 12.0. The van der Waals surface area contributed by atoms with E-state index >= 15 is 0 Å². The Hall–Kier alpha value is -3.40. The average Bonchev–Trinajstić information content (AvgIpc) is 3.05. The number of aromatic nitrogens is 2. The summed E-state index contributed by atoms with van der Waals surface area (Å²) in [7, 11) is 0. The van der Waals surface area contributed by atoms with E-state index in [0.29, 0.717) is 16.7 Å². The highest BCUT2D eigenvalue weighted by Gasteiger charge is 2.10. The maximum absolute atomic E-state index is 11.9. The molecule has 0 aliphatic carbocycles. The van der Waals surface area contributed by atoms with Gasteiger partial charge in [0.2, 0.25) is 0 Å². The molecule has 0 aliphatic heterocycles. The minimum atomic E-state index is -0.592. The fourth-order valence-electron chi connectivity index (χ4n) is 1.98. The van der Waals surface area contributed by atoms with Crippen LogP contribution in [0.3, 0.4) is 0 Å². The molecular formula is C14H10N6O3S. The number of amides is 2. The van der Waals surface area contributed by atoms with Gasteiger partial charge in [0.15, 0.2) is 0 Å². The maximum atomic E-state index is 11.9. The monoisotopic (exact) mass is 342 g/mol. The maximum Gasteiger partial charge on any atom is 0.339 e. The Labute approximate surface area is 139 Å². The normalized spacial score (nSPS) is 10.8. The molecule has 10 heteroatoms. The molecule has 0 atom stereocenters. The molecule has 0 spiro atoms. The van der Waals surface area contributed by atoms with Gasteiger partial charge in [0.05, 0.1) is 34.1 Å². The fraction of sp³-hybridized carbons (Fsp3) is 0. The van der Waals surface area contributed by atoms with Crippen LogP contribution >= 0.6 is 11.7 Å². The first-order chi connectivity index (χ1) is 11.6. The van der Waals surface area contributed by atoms with Crippen LogP contribution < -0.4 is 10.7 Å². The van der Waals surface area contributed by atoms with E-state index in [1.807, 2.05) is 0 Å². The highest BCUT2D eigenvalue weighted by atomic mass is 32.1. The Balaban J connectivity index is 1.68. The van der Waals surface area contributed by atoms with E-state index < -0.39 is 11.0 Å². The lowest BCUT2D eigenvalue weighted by atomic mass is 10.2. The van der Waals surface area contributed by atoms with Crippen molar-refractivity contribution in [2.75, 3.05) is 5.32 Å². The highest BCUT2D eigenvalue weighted by molar-refractivity contribution is 7.00. The number of hydrazone groups is 1. The Morgan fingerprint density at radius 2 is 2.04 bits per heavy atom. The van der Waals surface area contributed by atoms with Crippen LogP contribution in [0.25, 0.3) is 11.0 Å². The van der Waals surface area contributed by atoms with Crippen molar-refractivity contribution in [3.8, 4) is 0 Å². The first kappa shape index (κ1) is 15.5. The molecule has 0 bridgehead atoms. The standard InChI is InChI=1S/C14H10N6O3S/c21-14(16-10-5-3-6-11-13(10)19-24-18-11)17-15-8-9-4-1-2-7-12(9)20(22)23/h1-8H,(H2,16,17,21)/b15-8+. The number of anilines is 1. The van der Waals surface area contributed by atoms with Crippen LogP contribution in [0.1, 0.15) is 5.56 Å². The topological polar surface area (TPSA) is 122 Å². The first-order valence-electron chi connectivity index (χ1n) is 6.70. The number of carbonyl (C=O) groups excluding carboxylic acids is 1. The third-order valence-corrected chi connectivity index (χ3v) is 3.58. The van der Waals surface area contributed by atoms with E-state index in [1.165, 1.54) is 18.3 Å². The number of urea groups is 1. The summed E-state index contributed by atoms with van der Waals surface area (Å²) in [5.41, 5.74) is 4.21. The molecule has 2 aromatic carbocycles. The second-order valence-electron chi connectivity index (χ2n) is 4.58. The van der Waals surface area contributed by atoms with E-state index in [-0.39, 0.29) is 11.3 Å². The van der Waals surface area contributed by atoms with Crippen LogP contribution in [-0.4, -0.2) is 25.9 Å². The highest BCUT2D eigenvalue weighted by Crippen LogP contribution is 2.20. The van der Waals surface area contributed by atoms with Gasteiger partial charge in [-0.2, -0.15) is 13.8 Å². The predicted octanol–water partition coefficient (Wildman–Crippen LogP) is 2.76. The number of carbonyl (C=O) groups is 1. The molecule has 0 unspecified atom stereocenters.